The molecule has 0 amide bonds. The molecule has 2 aliphatic rings. The van der Waals surface area contributed by atoms with Gasteiger partial charge < -0.3 is 20.3 Å². The summed E-state index contributed by atoms with van der Waals surface area (Å²) in [4.78, 5) is 7.62. The van der Waals surface area contributed by atoms with Crippen molar-refractivity contribution in [3.8, 4) is 0 Å². The number of ether oxygens (including phenoxy) is 1. The van der Waals surface area contributed by atoms with Crippen LogP contribution in [0, 0.1) is 0 Å². The van der Waals surface area contributed by atoms with Crippen molar-refractivity contribution in [3.63, 3.8) is 0 Å². The van der Waals surface area contributed by atoms with Gasteiger partial charge in [-0.2, -0.15) is 0 Å². The zero-order chi connectivity index (χ0) is 19.8. The summed E-state index contributed by atoms with van der Waals surface area (Å²) in [5, 5.41) is 7.17. The van der Waals surface area contributed by atoms with Crippen molar-refractivity contribution < 1.29 is 4.74 Å². The highest BCUT2D eigenvalue weighted by Crippen LogP contribution is 2.35. The molecule has 2 fully saturated rings. The summed E-state index contributed by atoms with van der Waals surface area (Å²) in [6, 6.07) is 12.0. The molecule has 0 atom stereocenters. The molecule has 0 bridgehead atoms. The Balaban J connectivity index is 0.00000300. The normalized spacial score (nSPS) is 20.9. The Morgan fingerprint density at radius 2 is 1.83 bits per heavy atom. The lowest BCUT2D eigenvalue weighted by Crippen LogP contribution is -2.50. The van der Waals surface area contributed by atoms with E-state index in [1.807, 2.05) is 0 Å². The van der Waals surface area contributed by atoms with Gasteiger partial charge in [0.2, 0.25) is 0 Å². The lowest BCUT2D eigenvalue weighted by Gasteiger charge is -2.37. The number of hydrogen-bond acceptors (Lipinski definition) is 3. The van der Waals surface area contributed by atoms with Gasteiger partial charge in [-0.1, -0.05) is 30.3 Å². The van der Waals surface area contributed by atoms with Gasteiger partial charge in [0.05, 0.1) is 6.54 Å². The lowest BCUT2D eigenvalue weighted by atomic mass is 9.74. The number of guanidine groups is 1. The first-order chi connectivity index (χ1) is 13.6. The monoisotopic (exact) mass is 514 g/mol. The van der Waals surface area contributed by atoms with Gasteiger partial charge in [-0.05, 0) is 52.0 Å². The molecule has 0 aromatic heterocycles. The molecule has 0 saturated carbocycles. The summed E-state index contributed by atoms with van der Waals surface area (Å²) < 4.78 is 5.67. The van der Waals surface area contributed by atoms with E-state index >= 15 is 0 Å². The number of halogens is 1. The van der Waals surface area contributed by atoms with Crippen LogP contribution in [0.3, 0.4) is 0 Å². The van der Waals surface area contributed by atoms with Crippen LogP contribution in [0.25, 0.3) is 0 Å². The van der Waals surface area contributed by atoms with Crippen molar-refractivity contribution in [2.75, 3.05) is 39.4 Å². The van der Waals surface area contributed by atoms with Crippen molar-refractivity contribution in [1.82, 2.24) is 15.5 Å². The number of nitrogens with one attached hydrogen (secondary N) is 2. The Kier molecular flexibility index (Phi) is 10.2. The zero-order valence-electron chi connectivity index (χ0n) is 18.3. The van der Waals surface area contributed by atoms with Crippen LogP contribution >= 0.6 is 24.0 Å². The van der Waals surface area contributed by atoms with Crippen LogP contribution in [-0.2, 0) is 10.2 Å². The van der Waals surface area contributed by atoms with E-state index in [1.54, 1.807) is 0 Å². The van der Waals surface area contributed by atoms with Crippen molar-refractivity contribution in [1.29, 1.82) is 0 Å². The summed E-state index contributed by atoms with van der Waals surface area (Å²) in [7, 11) is 0. The number of benzene rings is 1. The molecule has 2 N–H and O–H groups in total. The maximum atomic E-state index is 5.67. The zero-order valence-corrected chi connectivity index (χ0v) is 20.7. The largest absolute Gasteiger partial charge is 0.381 e. The molecule has 3 rings (SSSR count). The molecule has 164 valence electrons. The van der Waals surface area contributed by atoms with Gasteiger partial charge in [-0.3, -0.25) is 4.99 Å². The van der Waals surface area contributed by atoms with E-state index in [0.29, 0.717) is 12.1 Å². The Labute approximate surface area is 194 Å². The highest BCUT2D eigenvalue weighted by molar-refractivity contribution is 14.0. The van der Waals surface area contributed by atoms with Gasteiger partial charge in [0.15, 0.2) is 5.96 Å². The quantitative estimate of drug-likeness (QED) is 0.345. The molecule has 2 heterocycles. The number of aliphatic imine (C=N–C) groups is 1. The molecular weight excluding hydrogens is 475 g/mol. The minimum Gasteiger partial charge on any atom is -0.381 e. The van der Waals surface area contributed by atoms with E-state index < -0.39 is 0 Å². The first-order valence-electron chi connectivity index (χ1n) is 11.0. The predicted molar refractivity (Wildman–Crippen MR) is 132 cm³/mol. The van der Waals surface area contributed by atoms with E-state index in [0.717, 1.165) is 45.1 Å². The molecule has 0 unspecified atom stereocenters. The molecule has 2 saturated heterocycles. The number of rotatable bonds is 6. The van der Waals surface area contributed by atoms with E-state index in [9.17, 15) is 0 Å². The highest BCUT2D eigenvalue weighted by Gasteiger charge is 2.34. The number of nitrogens with zero attached hydrogens (tertiary/aromatic N) is 2. The van der Waals surface area contributed by atoms with E-state index in [1.165, 1.54) is 31.5 Å². The average molecular weight is 514 g/mol. The molecule has 6 heteroatoms. The van der Waals surface area contributed by atoms with E-state index in [-0.39, 0.29) is 29.4 Å². The first kappa shape index (κ1) is 24.4. The van der Waals surface area contributed by atoms with Crippen molar-refractivity contribution in [2.45, 2.75) is 64.0 Å². The first-order valence-corrected chi connectivity index (χ1v) is 11.0. The Bertz CT molecular complexity index is 609. The highest BCUT2D eigenvalue weighted by atomic mass is 127. The number of hydrogen-bond donors (Lipinski definition) is 2. The van der Waals surface area contributed by atoms with E-state index in [4.69, 9.17) is 9.73 Å². The maximum absolute atomic E-state index is 5.67. The van der Waals surface area contributed by atoms with Gasteiger partial charge >= 0.3 is 0 Å². The molecular formula is C23H39IN4O. The Morgan fingerprint density at radius 3 is 2.41 bits per heavy atom. The topological polar surface area (TPSA) is 48.9 Å². The van der Waals surface area contributed by atoms with Crippen molar-refractivity contribution in [2.24, 2.45) is 4.99 Å². The van der Waals surface area contributed by atoms with Gasteiger partial charge in [-0.15, -0.1) is 24.0 Å². The van der Waals surface area contributed by atoms with Crippen molar-refractivity contribution in [3.05, 3.63) is 35.9 Å². The van der Waals surface area contributed by atoms with Crippen LogP contribution in [0.5, 0.6) is 0 Å². The Hall–Kier alpha value is -0.860. The molecule has 0 radical (unpaired) electrons. The minimum atomic E-state index is 0. The van der Waals surface area contributed by atoms with Crippen molar-refractivity contribution >= 4 is 29.9 Å². The van der Waals surface area contributed by atoms with Gasteiger partial charge in [0.1, 0.15) is 0 Å². The second kappa shape index (κ2) is 12.1. The summed E-state index contributed by atoms with van der Waals surface area (Å²) in [6.07, 6.45) is 4.43. The van der Waals surface area contributed by atoms with Crippen LogP contribution in [-0.4, -0.2) is 62.3 Å². The average Bonchev–Trinajstić information content (AvgIpc) is 2.74. The SMILES string of the molecule is CCNC(=NCC1(c2ccccc2)CCOCC1)NC1CCN(C(C)C)CC1.I. The second-order valence-electron chi connectivity index (χ2n) is 8.50. The third-order valence-electron chi connectivity index (χ3n) is 6.32. The molecule has 0 spiro atoms. The number of likely N-dealkylation sites (tertiary alicyclic amines) is 1. The van der Waals surface area contributed by atoms with Crippen LogP contribution in [0.4, 0.5) is 0 Å². The van der Waals surface area contributed by atoms with Crippen LogP contribution in [0.1, 0.15) is 52.0 Å². The fraction of sp³-hybridized carbons (Fsp3) is 0.696. The minimum absolute atomic E-state index is 0. The Morgan fingerprint density at radius 1 is 1.17 bits per heavy atom. The molecule has 5 nitrogen and oxygen atoms in total. The third kappa shape index (κ3) is 6.82. The molecule has 2 aliphatic heterocycles. The molecule has 29 heavy (non-hydrogen) atoms. The lowest BCUT2D eigenvalue weighted by molar-refractivity contribution is 0.0531. The molecule has 1 aromatic rings. The molecule has 0 aliphatic carbocycles. The maximum Gasteiger partial charge on any atom is 0.191 e. The van der Waals surface area contributed by atoms with E-state index in [2.05, 4.69) is 66.6 Å². The molecule has 1 aromatic carbocycles. The van der Waals surface area contributed by atoms with Crippen LogP contribution < -0.4 is 10.6 Å². The summed E-state index contributed by atoms with van der Waals surface area (Å²) in [5.74, 6) is 0.965. The predicted octanol–water partition coefficient (Wildman–Crippen LogP) is 3.78. The summed E-state index contributed by atoms with van der Waals surface area (Å²) in [6.45, 7) is 12.4. The summed E-state index contributed by atoms with van der Waals surface area (Å²) >= 11 is 0. The van der Waals surface area contributed by atoms with Crippen LogP contribution in [0.2, 0.25) is 0 Å². The fourth-order valence-corrected chi connectivity index (χ4v) is 4.40. The fourth-order valence-electron chi connectivity index (χ4n) is 4.40. The van der Waals surface area contributed by atoms with Gasteiger partial charge in [-0.25, -0.2) is 0 Å². The smallest absolute Gasteiger partial charge is 0.191 e. The number of piperidine rings is 1. The van der Waals surface area contributed by atoms with Crippen LogP contribution in [0.15, 0.2) is 35.3 Å². The van der Waals surface area contributed by atoms with Gasteiger partial charge in [0.25, 0.3) is 0 Å². The van der Waals surface area contributed by atoms with Gasteiger partial charge in [0, 0.05) is 50.3 Å². The standard InChI is InChI=1S/C23H38N4O.HI/c1-4-24-22(26-21-10-14-27(15-11-21)19(2)3)25-18-23(12-16-28-17-13-23)20-8-6-5-7-9-20;/h5-9,19,21H,4,10-18H2,1-3H3,(H2,24,25,26);1H. The third-order valence-corrected chi connectivity index (χ3v) is 6.32. The summed E-state index contributed by atoms with van der Waals surface area (Å²) in [5.41, 5.74) is 1.48. The second-order valence-corrected chi connectivity index (χ2v) is 8.50.